The number of anilines is 1. The maximum absolute atomic E-state index is 12.5. The maximum atomic E-state index is 12.5. The summed E-state index contributed by atoms with van der Waals surface area (Å²) in [5, 5.41) is 15.9. The third-order valence-electron chi connectivity index (χ3n) is 4.69. The topological polar surface area (TPSA) is 111 Å². The first-order valence-corrected chi connectivity index (χ1v) is 9.37. The first-order valence-electron chi connectivity index (χ1n) is 9.37. The first kappa shape index (κ1) is 21.6. The van der Waals surface area contributed by atoms with Gasteiger partial charge < -0.3 is 24.4 Å². The largest absolute Gasteiger partial charge is 0.493 e. The molecule has 31 heavy (non-hydrogen) atoms. The highest BCUT2D eigenvalue weighted by atomic mass is 16.5. The average molecular weight is 422 g/mol. The molecule has 0 atom stereocenters. The summed E-state index contributed by atoms with van der Waals surface area (Å²) in [4.78, 5) is 23.8. The number of aromatic carboxylic acids is 1. The van der Waals surface area contributed by atoms with Gasteiger partial charge in [0.25, 0.3) is 0 Å². The van der Waals surface area contributed by atoms with Crippen molar-refractivity contribution in [2.24, 2.45) is 0 Å². The van der Waals surface area contributed by atoms with Gasteiger partial charge in [0.1, 0.15) is 5.76 Å². The van der Waals surface area contributed by atoms with Crippen LogP contribution < -0.4 is 14.8 Å². The zero-order valence-electron chi connectivity index (χ0n) is 17.6. The normalized spacial score (nSPS) is 10.8. The monoisotopic (exact) mass is 422 g/mol. The molecular weight excluding hydrogens is 400 g/mol. The second-order valence-electron chi connectivity index (χ2n) is 6.64. The summed E-state index contributed by atoms with van der Waals surface area (Å²) < 4.78 is 16.3. The first-order chi connectivity index (χ1) is 14.9. The number of ether oxygens (including phenoxy) is 2. The lowest BCUT2D eigenvalue weighted by Crippen LogP contribution is -2.11. The van der Waals surface area contributed by atoms with Gasteiger partial charge >= 0.3 is 5.97 Å². The van der Waals surface area contributed by atoms with E-state index in [0.717, 1.165) is 5.56 Å². The summed E-state index contributed by atoms with van der Waals surface area (Å²) in [5.41, 5.74) is 2.97. The Labute approximate surface area is 179 Å². The molecular formula is C23H22N2O6. The molecule has 0 unspecified atom stereocenters. The summed E-state index contributed by atoms with van der Waals surface area (Å²) in [5.74, 6) is -0.00243. The number of para-hydroxylation sites is 1. The van der Waals surface area contributed by atoms with Gasteiger partial charge in [0.05, 0.1) is 36.7 Å². The van der Waals surface area contributed by atoms with Gasteiger partial charge in [-0.1, -0.05) is 23.4 Å². The van der Waals surface area contributed by atoms with Gasteiger partial charge in [-0.2, -0.15) is 0 Å². The van der Waals surface area contributed by atoms with Crippen LogP contribution in [0.1, 0.15) is 27.4 Å². The Hall–Kier alpha value is -4.07. The lowest BCUT2D eigenvalue weighted by Gasteiger charge is -2.15. The number of carboxylic acid groups (broad SMARTS) is 1. The number of rotatable bonds is 7. The van der Waals surface area contributed by atoms with Crippen molar-refractivity contribution in [3.05, 3.63) is 65.1 Å². The molecule has 0 spiro atoms. The number of nitrogens with one attached hydrogen (secondary N) is 1. The highest BCUT2D eigenvalue weighted by molar-refractivity contribution is 6.06. The zero-order valence-corrected chi connectivity index (χ0v) is 17.6. The van der Waals surface area contributed by atoms with E-state index in [1.807, 2.05) is 6.92 Å². The number of carbonyl (C=O) groups is 2. The van der Waals surface area contributed by atoms with E-state index in [-0.39, 0.29) is 11.3 Å². The SMILES string of the molecule is COc1ccc(/C=C/C(=O)Nc2ccccc2C(=O)O)c(-c2c(C)noc2C)c1OC. The molecule has 0 bridgehead atoms. The fraction of sp³-hybridized carbons (Fsp3) is 0.174. The average Bonchev–Trinajstić information content (AvgIpc) is 3.09. The van der Waals surface area contributed by atoms with E-state index in [2.05, 4.69) is 10.5 Å². The molecule has 3 rings (SSSR count). The minimum atomic E-state index is -1.12. The second-order valence-corrected chi connectivity index (χ2v) is 6.64. The Bertz CT molecular complexity index is 1140. The van der Waals surface area contributed by atoms with Gasteiger partial charge in [-0.05, 0) is 43.7 Å². The lowest BCUT2D eigenvalue weighted by molar-refractivity contribution is -0.111. The fourth-order valence-electron chi connectivity index (χ4n) is 3.30. The molecule has 160 valence electrons. The van der Waals surface area contributed by atoms with E-state index < -0.39 is 11.9 Å². The summed E-state index contributed by atoms with van der Waals surface area (Å²) in [6.07, 6.45) is 2.93. The summed E-state index contributed by atoms with van der Waals surface area (Å²) in [6, 6.07) is 9.71. The Balaban J connectivity index is 2.01. The van der Waals surface area contributed by atoms with Crippen LogP contribution in [0.15, 0.2) is 47.0 Å². The van der Waals surface area contributed by atoms with Crippen molar-refractivity contribution in [1.29, 1.82) is 0 Å². The van der Waals surface area contributed by atoms with Crippen LogP contribution in [0.3, 0.4) is 0 Å². The second kappa shape index (κ2) is 9.17. The molecule has 3 aromatic rings. The predicted octanol–water partition coefficient (Wildman–Crippen LogP) is 4.33. The predicted molar refractivity (Wildman–Crippen MR) is 116 cm³/mol. The number of carbonyl (C=O) groups excluding carboxylic acids is 1. The van der Waals surface area contributed by atoms with E-state index in [1.54, 1.807) is 37.3 Å². The van der Waals surface area contributed by atoms with Crippen LogP contribution in [0.5, 0.6) is 11.5 Å². The summed E-state index contributed by atoms with van der Waals surface area (Å²) >= 11 is 0. The molecule has 2 aromatic carbocycles. The van der Waals surface area contributed by atoms with Crippen LogP contribution in [-0.2, 0) is 4.79 Å². The van der Waals surface area contributed by atoms with Crippen molar-refractivity contribution in [1.82, 2.24) is 5.16 Å². The molecule has 0 fully saturated rings. The van der Waals surface area contributed by atoms with Gasteiger partial charge in [-0.3, -0.25) is 4.79 Å². The maximum Gasteiger partial charge on any atom is 0.337 e. The van der Waals surface area contributed by atoms with Gasteiger partial charge in [0.2, 0.25) is 5.91 Å². The van der Waals surface area contributed by atoms with Crippen molar-refractivity contribution in [3.8, 4) is 22.6 Å². The molecule has 8 heteroatoms. The molecule has 0 aliphatic heterocycles. The van der Waals surface area contributed by atoms with Crippen LogP contribution in [0, 0.1) is 13.8 Å². The number of methoxy groups -OCH3 is 2. The van der Waals surface area contributed by atoms with E-state index in [1.165, 1.54) is 32.4 Å². The molecule has 0 saturated heterocycles. The lowest BCUT2D eigenvalue weighted by atomic mass is 9.96. The highest BCUT2D eigenvalue weighted by Crippen LogP contribution is 2.43. The van der Waals surface area contributed by atoms with Crippen LogP contribution in [0.25, 0.3) is 17.2 Å². The highest BCUT2D eigenvalue weighted by Gasteiger charge is 2.22. The quantitative estimate of drug-likeness (QED) is 0.545. The standard InChI is InChI=1S/C23H22N2O6/c1-13-20(14(2)31-25-13)21-15(9-11-18(29-3)22(21)30-4)10-12-19(26)24-17-8-6-5-7-16(17)23(27)28/h5-12H,1-4H3,(H,24,26)(H,27,28)/b12-10+. The molecule has 0 aliphatic carbocycles. The molecule has 0 radical (unpaired) electrons. The number of aryl methyl sites for hydroxylation is 2. The van der Waals surface area contributed by atoms with E-state index in [9.17, 15) is 14.7 Å². The van der Waals surface area contributed by atoms with Gasteiger partial charge in [-0.25, -0.2) is 4.79 Å². The molecule has 1 aromatic heterocycles. The molecule has 0 saturated carbocycles. The third-order valence-corrected chi connectivity index (χ3v) is 4.69. The molecule has 0 aliphatic rings. The third kappa shape index (κ3) is 4.42. The molecule has 1 amide bonds. The van der Waals surface area contributed by atoms with Crippen LogP contribution in [0.2, 0.25) is 0 Å². The van der Waals surface area contributed by atoms with Gasteiger partial charge in [0.15, 0.2) is 11.5 Å². The van der Waals surface area contributed by atoms with Crippen molar-refractivity contribution in [3.63, 3.8) is 0 Å². The number of amides is 1. The number of hydrogen-bond acceptors (Lipinski definition) is 6. The van der Waals surface area contributed by atoms with Gasteiger partial charge in [0, 0.05) is 11.6 Å². The number of carboxylic acids is 1. The van der Waals surface area contributed by atoms with Crippen molar-refractivity contribution in [2.75, 3.05) is 19.5 Å². The Morgan fingerprint density at radius 1 is 1.06 bits per heavy atom. The Kier molecular flexibility index (Phi) is 6.40. The Morgan fingerprint density at radius 3 is 2.42 bits per heavy atom. The molecule has 2 N–H and O–H groups in total. The van der Waals surface area contributed by atoms with Crippen molar-refractivity contribution < 1.29 is 28.7 Å². The zero-order chi connectivity index (χ0) is 22.5. The van der Waals surface area contributed by atoms with Crippen molar-refractivity contribution >= 4 is 23.6 Å². The van der Waals surface area contributed by atoms with Crippen molar-refractivity contribution in [2.45, 2.75) is 13.8 Å². The summed E-state index contributed by atoms with van der Waals surface area (Å²) in [6.45, 7) is 3.60. The molecule has 1 heterocycles. The van der Waals surface area contributed by atoms with E-state index in [4.69, 9.17) is 14.0 Å². The summed E-state index contributed by atoms with van der Waals surface area (Å²) in [7, 11) is 3.07. The Morgan fingerprint density at radius 2 is 1.81 bits per heavy atom. The number of nitrogens with zero attached hydrogens (tertiary/aromatic N) is 1. The number of benzene rings is 2. The van der Waals surface area contributed by atoms with E-state index in [0.29, 0.717) is 34.1 Å². The fourth-order valence-corrected chi connectivity index (χ4v) is 3.30. The number of hydrogen-bond donors (Lipinski definition) is 2. The molecule has 8 nitrogen and oxygen atoms in total. The van der Waals surface area contributed by atoms with Crippen LogP contribution in [-0.4, -0.2) is 36.4 Å². The van der Waals surface area contributed by atoms with Gasteiger partial charge in [-0.15, -0.1) is 0 Å². The van der Waals surface area contributed by atoms with Crippen LogP contribution in [0.4, 0.5) is 5.69 Å². The smallest absolute Gasteiger partial charge is 0.337 e. The van der Waals surface area contributed by atoms with E-state index >= 15 is 0 Å². The minimum absolute atomic E-state index is 0.00627. The van der Waals surface area contributed by atoms with Crippen LogP contribution >= 0.6 is 0 Å². The minimum Gasteiger partial charge on any atom is -0.493 e. The number of aromatic nitrogens is 1.